The monoisotopic (exact) mass is 267 g/mol. The van der Waals surface area contributed by atoms with Crippen molar-refractivity contribution in [2.45, 2.75) is 29.7 Å². The first-order valence-corrected chi connectivity index (χ1v) is 6.54. The molecule has 2 N–H and O–H groups in total. The Morgan fingerprint density at radius 2 is 2.12 bits per heavy atom. The second-order valence-corrected chi connectivity index (χ2v) is 5.44. The van der Waals surface area contributed by atoms with Gasteiger partial charge in [0.05, 0.1) is 11.2 Å². The Labute approximate surface area is 110 Å². The number of benzene rings is 1. The molecule has 0 bridgehead atoms. The highest BCUT2D eigenvalue weighted by Gasteiger charge is 2.08. The van der Waals surface area contributed by atoms with Crippen LogP contribution in [0, 0.1) is 6.92 Å². The van der Waals surface area contributed by atoms with E-state index in [0.29, 0.717) is 5.02 Å². The van der Waals surface area contributed by atoms with Gasteiger partial charge in [0.15, 0.2) is 0 Å². The van der Waals surface area contributed by atoms with Crippen molar-refractivity contribution in [2.24, 2.45) is 5.73 Å². The fourth-order valence-corrected chi connectivity index (χ4v) is 2.85. The van der Waals surface area contributed by atoms with E-state index in [1.54, 1.807) is 18.0 Å². The van der Waals surface area contributed by atoms with Crippen molar-refractivity contribution in [3.63, 3.8) is 0 Å². The van der Waals surface area contributed by atoms with Gasteiger partial charge in [0.2, 0.25) is 0 Å². The molecular weight excluding hydrogens is 254 g/mol. The number of hydrogen-bond acceptors (Lipinski definition) is 3. The van der Waals surface area contributed by atoms with Crippen LogP contribution in [-0.4, -0.2) is 0 Å². The SMILES string of the molecule is Cc1occc1Sc1ccc(C(C)N)c(Cl)c1. The average molecular weight is 268 g/mol. The molecule has 1 aromatic heterocycles. The van der Waals surface area contributed by atoms with Crippen molar-refractivity contribution in [3.8, 4) is 0 Å². The minimum absolute atomic E-state index is 0.0442. The largest absolute Gasteiger partial charge is 0.468 e. The second kappa shape index (κ2) is 5.17. The number of nitrogens with two attached hydrogens (primary N) is 1. The van der Waals surface area contributed by atoms with Crippen molar-refractivity contribution in [2.75, 3.05) is 0 Å². The third-order valence-corrected chi connectivity index (χ3v) is 3.96. The molecule has 1 atom stereocenters. The van der Waals surface area contributed by atoms with Gasteiger partial charge in [-0.2, -0.15) is 0 Å². The van der Waals surface area contributed by atoms with Crippen LogP contribution in [-0.2, 0) is 0 Å². The molecule has 2 rings (SSSR count). The Hall–Kier alpha value is -0.900. The molecule has 0 aliphatic carbocycles. The first-order valence-electron chi connectivity index (χ1n) is 5.35. The van der Waals surface area contributed by atoms with Gasteiger partial charge in [0.1, 0.15) is 5.76 Å². The summed E-state index contributed by atoms with van der Waals surface area (Å²) < 4.78 is 5.26. The zero-order chi connectivity index (χ0) is 12.4. The fourth-order valence-electron chi connectivity index (χ4n) is 1.55. The molecule has 1 aromatic carbocycles. The zero-order valence-corrected chi connectivity index (χ0v) is 11.3. The normalized spacial score (nSPS) is 12.7. The first kappa shape index (κ1) is 12.6. The molecule has 2 nitrogen and oxygen atoms in total. The molecule has 4 heteroatoms. The number of hydrogen-bond donors (Lipinski definition) is 1. The Bertz CT molecular complexity index is 522. The van der Waals surface area contributed by atoms with Gasteiger partial charge in [-0.1, -0.05) is 29.4 Å². The third-order valence-electron chi connectivity index (χ3n) is 2.50. The fraction of sp³-hybridized carbons (Fsp3) is 0.231. The second-order valence-electron chi connectivity index (χ2n) is 3.92. The van der Waals surface area contributed by atoms with Gasteiger partial charge in [-0.15, -0.1) is 0 Å². The molecule has 0 aliphatic heterocycles. The van der Waals surface area contributed by atoms with Crippen LogP contribution in [0.4, 0.5) is 0 Å². The van der Waals surface area contributed by atoms with E-state index >= 15 is 0 Å². The molecule has 90 valence electrons. The topological polar surface area (TPSA) is 39.2 Å². The van der Waals surface area contributed by atoms with E-state index in [4.69, 9.17) is 21.8 Å². The Morgan fingerprint density at radius 1 is 1.35 bits per heavy atom. The highest BCUT2D eigenvalue weighted by molar-refractivity contribution is 7.99. The Kier molecular flexibility index (Phi) is 3.82. The van der Waals surface area contributed by atoms with Crippen molar-refractivity contribution < 1.29 is 4.42 Å². The maximum atomic E-state index is 6.19. The van der Waals surface area contributed by atoms with Crippen LogP contribution in [0.3, 0.4) is 0 Å². The summed E-state index contributed by atoms with van der Waals surface area (Å²) in [6.45, 7) is 3.87. The van der Waals surface area contributed by atoms with E-state index in [1.165, 1.54) is 0 Å². The molecule has 0 aliphatic rings. The predicted molar refractivity (Wildman–Crippen MR) is 71.6 cm³/mol. The van der Waals surface area contributed by atoms with Gasteiger partial charge in [0, 0.05) is 16.0 Å². The lowest BCUT2D eigenvalue weighted by Crippen LogP contribution is -2.05. The summed E-state index contributed by atoms with van der Waals surface area (Å²) in [7, 11) is 0. The number of furan rings is 1. The van der Waals surface area contributed by atoms with Crippen LogP contribution < -0.4 is 5.73 Å². The molecule has 0 spiro atoms. The number of halogens is 1. The molecule has 17 heavy (non-hydrogen) atoms. The predicted octanol–water partition coefficient (Wildman–Crippen LogP) is 4.41. The smallest absolute Gasteiger partial charge is 0.114 e. The summed E-state index contributed by atoms with van der Waals surface area (Å²) in [6.07, 6.45) is 1.69. The summed E-state index contributed by atoms with van der Waals surface area (Å²) in [6, 6.07) is 7.86. The van der Waals surface area contributed by atoms with E-state index in [2.05, 4.69) is 0 Å². The summed E-state index contributed by atoms with van der Waals surface area (Å²) in [5.74, 6) is 0.919. The van der Waals surface area contributed by atoms with Crippen molar-refractivity contribution in [3.05, 3.63) is 46.9 Å². The molecular formula is C13H14ClNOS. The van der Waals surface area contributed by atoms with E-state index in [9.17, 15) is 0 Å². The molecule has 1 heterocycles. The molecule has 0 saturated carbocycles. The number of aryl methyl sites for hydroxylation is 1. The lowest BCUT2D eigenvalue weighted by Gasteiger charge is -2.09. The summed E-state index contributed by atoms with van der Waals surface area (Å²) in [5, 5.41) is 0.714. The van der Waals surface area contributed by atoms with E-state index in [1.807, 2.05) is 38.1 Å². The van der Waals surface area contributed by atoms with Crippen LogP contribution in [0.25, 0.3) is 0 Å². The molecule has 0 amide bonds. The van der Waals surface area contributed by atoms with E-state index < -0.39 is 0 Å². The van der Waals surface area contributed by atoms with Gasteiger partial charge in [-0.3, -0.25) is 0 Å². The number of rotatable bonds is 3. The zero-order valence-electron chi connectivity index (χ0n) is 9.74. The van der Waals surface area contributed by atoms with Gasteiger partial charge in [0.25, 0.3) is 0 Å². The standard InChI is InChI=1S/C13H14ClNOS/c1-8(15)11-4-3-10(7-12(11)14)17-13-5-6-16-9(13)2/h3-8H,15H2,1-2H3. The van der Waals surface area contributed by atoms with Gasteiger partial charge in [-0.05, 0) is 37.6 Å². The molecule has 0 radical (unpaired) electrons. The lowest BCUT2D eigenvalue weighted by atomic mass is 10.1. The molecule has 1 unspecified atom stereocenters. The molecule has 0 saturated heterocycles. The van der Waals surface area contributed by atoms with E-state index in [0.717, 1.165) is 21.1 Å². The van der Waals surface area contributed by atoms with Crippen molar-refractivity contribution in [1.29, 1.82) is 0 Å². The summed E-state index contributed by atoms with van der Waals surface area (Å²) >= 11 is 7.82. The van der Waals surface area contributed by atoms with Gasteiger partial charge >= 0.3 is 0 Å². The van der Waals surface area contributed by atoms with Crippen LogP contribution in [0.15, 0.2) is 44.7 Å². The highest BCUT2D eigenvalue weighted by atomic mass is 35.5. The van der Waals surface area contributed by atoms with E-state index in [-0.39, 0.29) is 6.04 Å². The van der Waals surface area contributed by atoms with Gasteiger partial charge < -0.3 is 10.2 Å². The summed E-state index contributed by atoms with van der Waals surface area (Å²) in [5.41, 5.74) is 6.79. The first-order chi connectivity index (χ1) is 8.08. The quantitative estimate of drug-likeness (QED) is 0.895. The maximum absolute atomic E-state index is 6.19. The third kappa shape index (κ3) is 2.86. The average Bonchev–Trinajstić information content (AvgIpc) is 2.64. The van der Waals surface area contributed by atoms with Crippen LogP contribution >= 0.6 is 23.4 Å². The Balaban J connectivity index is 2.24. The molecule has 2 aromatic rings. The minimum Gasteiger partial charge on any atom is -0.468 e. The molecule has 0 fully saturated rings. The van der Waals surface area contributed by atoms with Crippen LogP contribution in [0.1, 0.15) is 24.3 Å². The highest BCUT2D eigenvalue weighted by Crippen LogP contribution is 2.34. The van der Waals surface area contributed by atoms with Crippen molar-refractivity contribution >= 4 is 23.4 Å². The minimum atomic E-state index is -0.0442. The maximum Gasteiger partial charge on any atom is 0.114 e. The summed E-state index contributed by atoms with van der Waals surface area (Å²) in [4.78, 5) is 2.19. The lowest BCUT2D eigenvalue weighted by molar-refractivity contribution is 0.527. The van der Waals surface area contributed by atoms with Crippen molar-refractivity contribution in [1.82, 2.24) is 0 Å². The van der Waals surface area contributed by atoms with Crippen LogP contribution in [0.5, 0.6) is 0 Å². The van der Waals surface area contributed by atoms with Gasteiger partial charge in [-0.25, -0.2) is 0 Å². The Morgan fingerprint density at radius 3 is 2.65 bits per heavy atom. The van der Waals surface area contributed by atoms with Crippen LogP contribution in [0.2, 0.25) is 5.02 Å².